The van der Waals surface area contributed by atoms with Crippen LogP contribution in [0.2, 0.25) is 0 Å². The van der Waals surface area contributed by atoms with Crippen molar-refractivity contribution in [2.75, 3.05) is 13.6 Å². The van der Waals surface area contributed by atoms with Crippen LogP contribution in [0.5, 0.6) is 0 Å². The summed E-state index contributed by atoms with van der Waals surface area (Å²) in [5.41, 5.74) is 7.14. The zero-order chi connectivity index (χ0) is 18.0. The zero-order valence-corrected chi connectivity index (χ0v) is 16.9. The molecule has 2 heterocycles. The smallest absolute Gasteiger partial charge is 0.252 e. The third-order valence-corrected chi connectivity index (χ3v) is 4.59. The van der Waals surface area contributed by atoms with Gasteiger partial charge in [0, 0.05) is 32.4 Å². The van der Waals surface area contributed by atoms with Crippen LogP contribution < -0.4 is 5.73 Å². The van der Waals surface area contributed by atoms with Gasteiger partial charge in [-0.2, -0.15) is 5.10 Å². The van der Waals surface area contributed by atoms with E-state index in [1.165, 1.54) is 12.1 Å². The Labute approximate surface area is 170 Å². The molecule has 1 aliphatic rings. The molecule has 150 valence electrons. The Morgan fingerprint density at radius 3 is 2.70 bits per heavy atom. The summed E-state index contributed by atoms with van der Waals surface area (Å²) in [5.74, 6) is -0.471. The average Bonchev–Trinajstić information content (AvgIpc) is 3.23. The van der Waals surface area contributed by atoms with Crippen LogP contribution in [-0.2, 0) is 16.6 Å². The molecule has 1 aromatic carbocycles. The summed E-state index contributed by atoms with van der Waals surface area (Å²) in [5, 5.41) is 4.19. The molecule has 0 saturated carbocycles. The highest BCUT2D eigenvalue weighted by molar-refractivity contribution is 5.85. The SMILES string of the molecule is CN(C(=O)[C@@H]1CC[C@H](CN)O1)C(c1cccc(F)c1)c1cnn(C)c1.Cl.Cl. The van der Waals surface area contributed by atoms with E-state index in [2.05, 4.69) is 5.10 Å². The van der Waals surface area contributed by atoms with E-state index in [9.17, 15) is 9.18 Å². The van der Waals surface area contributed by atoms with Gasteiger partial charge in [-0.05, 0) is 30.5 Å². The summed E-state index contributed by atoms with van der Waals surface area (Å²) in [7, 11) is 3.52. The monoisotopic (exact) mass is 418 g/mol. The number of carbonyl (C=O) groups excluding carboxylic acids is 1. The van der Waals surface area contributed by atoms with E-state index < -0.39 is 12.1 Å². The molecule has 1 amide bonds. The van der Waals surface area contributed by atoms with E-state index >= 15 is 0 Å². The number of carbonyl (C=O) groups is 1. The summed E-state index contributed by atoms with van der Waals surface area (Å²) in [6.45, 7) is 0.406. The molecule has 2 aromatic rings. The van der Waals surface area contributed by atoms with Crippen LogP contribution in [0.1, 0.15) is 30.0 Å². The minimum Gasteiger partial charge on any atom is -0.364 e. The third-order valence-electron chi connectivity index (χ3n) is 4.59. The zero-order valence-electron chi connectivity index (χ0n) is 15.2. The fourth-order valence-corrected chi connectivity index (χ4v) is 3.31. The van der Waals surface area contributed by atoms with Gasteiger partial charge in [0.1, 0.15) is 11.9 Å². The predicted molar refractivity (Wildman–Crippen MR) is 106 cm³/mol. The Kier molecular flexibility index (Phi) is 8.68. The quantitative estimate of drug-likeness (QED) is 0.808. The highest BCUT2D eigenvalue weighted by atomic mass is 35.5. The van der Waals surface area contributed by atoms with Crippen molar-refractivity contribution in [2.45, 2.75) is 31.1 Å². The first-order chi connectivity index (χ1) is 12.0. The number of ether oxygens (including phenoxy) is 1. The minimum atomic E-state index is -0.508. The lowest BCUT2D eigenvalue weighted by atomic mass is 9.99. The van der Waals surface area contributed by atoms with E-state index in [0.29, 0.717) is 18.5 Å². The molecule has 3 rings (SSSR count). The van der Waals surface area contributed by atoms with Gasteiger partial charge >= 0.3 is 0 Å². The van der Waals surface area contributed by atoms with Crippen molar-refractivity contribution in [3.8, 4) is 0 Å². The van der Waals surface area contributed by atoms with E-state index in [4.69, 9.17) is 10.5 Å². The van der Waals surface area contributed by atoms with Crippen molar-refractivity contribution >= 4 is 30.7 Å². The summed E-state index contributed by atoms with van der Waals surface area (Å²) in [6, 6.07) is 5.85. The van der Waals surface area contributed by atoms with Gasteiger partial charge in [-0.3, -0.25) is 9.48 Å². The number of hydrogen-bond acceptors (Lipinski definition) is 4. The molecule has 1 unspecified atom stereocenters. The van der Waals surface area contributed by atoms with Gasteiger partial charge in [-0.25, -0.2) is 4.39 Å². The molecule has 0 aliphatic carbocycles. The summed E-state index contributed by atoms with van der Waals surface area (Å²) in [6.07, 6.45) is 4.36. The molecule has 2 N–H and O–H groups in total. The average molecular weight is 419 g/mol. The fourth-order valence-electron chi connectivity index (χ4n) is 3.31. The van der Waals surface area contributed by atoms with Gasteiger partial charge in [-0.15, -0.1) is 24.8 Å². The Bertz CT molecular complexity index is 758. The van der Waals surface area contributed by atoms with Gasteiger partial charge in [0.05, 0.1) is 18.3 Å². The molecule has 6 nitrogen and oxygen atoms in total. The summed E-state index contributed by atoms with van der Waals surface area (Å²) < 4.78 is 21.1. The lowest BCUT2D eigenvalue weighted by molar-refractivity contribution is -0.143. The summed E-state index contributed by atoms with van der Waals surface area (Å²) in [4.78, 5) is 14.5. The lowest BCUT2D eigenvalue weighted by Gasteiger charge is -2.30. The standard InChI is InChI=1S/C18H23FN4O2.2ClH/c1-22-11-13(10-21-22)17(12-4-3-5-14(19)8-12)23(2)18(24)16-7-6-15(9-20)25-16;;/h3-5,8,10-11,15-17H,6-7,9,20H2,1-2H3;2*1H/t15-,16+,17?;;/m1../s1. The highest BCUT2D eigenvalue weighted by Crippen LogP contribution is 2.30. The Morgan fingerprint density at radius 1 is 1.41 bits per heavy atom. The van der Waals surface area contributed by atoms with Gasteiger partial charge < -0.3 is 15.4 Å². The van der Waals surface area contributed by atoms with Crippen molar-refractivity contribution in [1.29, 1.82) is 0 Å². The Morgan fingerprint density at radius 2 is 2.15 bits per heavy atom. The van der Waals surface area contributed by atoms with E-state index in [-0.39, 0.29) is 42.6 Å². The number of aromatic nitrogens is 2. The Balaban J connectivity index is 0.00000182. The molecule has 0 radical (unpaired) electrons. The molecule has 3 atom stereocenters. The van der Waals surface area contributed by atoms with E-state index in [1.807, 2.05) is 12.3 Å². The van der Waals surface area contributed by atoms with Crippen LogP contribution in [0.4, 0.5) is 4.39 Å². The second-order valence-corrected chi connectivity index (χ2v) is 6.41. The molecule has 1 fully saturated rings. The molecule has 9 heteroatoms. The normalized spacial score (nSPS) is 19.7. The predicted octanol–water partition coefficient (Wildman–Crippen LogP) is 2.46. The van der Waals surface area contributed by atoms with Crippen LogP contribution in [-0.4, -0.2) is 46.4 Å². The number of likely N-dealkylation sites (N-methyl/N-ethyl adjacent to an activating group) is 1. The number of aryl methyl sites for hydroxylation is 1. The first-order valence-corrected chi connectivity index (χ1v) is 8.35. The van der Waals surface area contributed by atoms with Gasteiger partial charge in [0.2, 0.25) is 0 Å². The maximum absolute atomic E-state index is 13.7. The number of hydrogen-bond donors (Lipinski definition) is 1. The first-order valence-electron chi connectivity index (χ1n) is 8.35. The van der Waals surface area contributed by atoms with Crippen molar-refractivity contribution in [3.05, 3.63) is 53.6 Å². The molecule has 0 spiro atoms. The van der Waals surface area contributed by atoms with Crippen molar-refractivity contribution < 1.29 is 13.9 Å². The number of amides is 1. The second kappa shape index (κ2) is 10.0. The fraction of sp³-hybridized carbons (Fsp3) is 0.444. The Hall–Kier alpha value is -1.67. The van der Waals surface area contributed by atoms with Gasteiger partial charge in [-0.1, -0.05) is 12.1 Å². The van der Waals surface area contributed by atoms with Crippen molar-refractivity contribution in [1.82, 2.24) is 14.7 Å². The van der Waals surface area contributed by atoms with Crippen LogP contribution in [0.3, 0.4) is 0 Å². The highest BCUT2D eigenvalue weighted by Gasteiger charge is 2.35. The number of nitrogens with zero attached hydrogens (tertiary/aromatic N) is 3. The maximum Gasteiger partial charge on any atom is 0.252 e. The number of benzene rings is 1. The van der Waals surface area contributed by atoms with Crippen LogP contribution in [0.15, 0.2) is 36.7 Å². The molecular weight excluding hydrogens is 394 g/mol. The number of halogens is 3. The largest absolute Gasteiger partial charge is 0.364 e. The summed E-state index contributed by atoms with van der Waals surface area (Å²) >= 11 is 0. The van der Waals surface area contributed by atoms with Crippen LogP contribution >= 0.6 is 24.8 Å². The molecule has 0 bridgehead atoms. The minimum absolute atomic E-state index is 0. The third kappa shape index (κ3) is 5.19. The number of rotatable bonds is 5. The molecule has 1 saturated heterocycles. The van der Waals surface area contributed by atoms with Crippen LogP contribution in [0.25, 0.3) is 0 Å². The number of nitrogens with two attached hydrogens (primary N) is 1. The molecule has 27 heavy (non-hydrogen) atoms. The lowest BCUT2D eigenvalue weighted by Crippen LogP contribution is -2.39. The van der Waals surface area contributed by atoms with E-state index in [1.54, 1.807) is 35.9 Å². The van der Waals surface area contributed by atoms with Gasteiger partial charge in [0.25, 0.3) is 5.91 Å². The topological polar surface area (TPSA) is 73.4 Å². The maximum atomic E-state index is 13.7. The molecule has 1 aliphatic heterocycles. The molecular formula is C18H25Cl2FN4O2. The van der Waals surface area contributed by atoms with Crippen LogP contribution in [0, 0.1) is 5.82 Å². The molecule has 1 aromatic heterocycles. The van der Waals surface area contributed by atoms with Gasteiger partial charge in [0.15, 0.2) is 0 Å². The van der Waals surface area contributed by atoms with Crippen molar-refractivity contribution in [2.24, 2.45) is 12.8 Å². The first kappa shape index (κ1) is 23.4. The second-order valence-electron chi connectivity index (χ2n) is 6.41. The van der Waals surface area contributed by atoms with Crippen molar-refractivity contribution in [3.63, 3.8) is 0 Å². The van der Waals surface area contributed by atoms with E-state index in [0.717, 1.165) is 12.0 Å².